The topological polar surface area (TPSA) is 59.0 Å². The van der Waals surface area contributed by atoms with Gasteiger partial charge in [-0.1, -0.05) is 18.2 Å². The van der Waals surface area contributed by atoms with Gasteiger partial charge in [0.25, 0.3) is 0 Å². The molecule has 0 aliphatic carbocycles. The second kappa shape index (κ2) is 5.00. The highest BCUT2D eigenvalue weighted by atomic mass is 16.5. The van der Waals surface area contributed by atoms with E-state index in [0.29, 0.717) is 0 Å². The summed E-state index contributed by atoms with van der Waals surface area (Å²) in [6.07, 6.45) is 0. The van der Waals surface area contributed by atoms with Gasteiger partial charge in [-0.2, -0.15) is 5.10 Å². The van der Waals surface area contributed by atoms with Crippen molar-refractivity contribution in [3.63, 3.8) is 0 Å². The molecule has 1 aromatic rings. The van der Waals surface area contributed by atoms with Gasteiger partial charge in [0.15, 0.2) is 0 Å². The molecule has 1 aliphatic rings. The summed E-state index contributed by atoms with van der Waals surface area (Å²) in [6, 6.07) is 7.56. The second-order valence-electron chi connectivity index (χ2n) is 3.94. The van der Waals surface area contributed by atoms with Crippen LogP contribution >= 0.6 is 0 Å². The van der Waals surface area contributed by atoms with E-state index in [-0.39, 0.29) is 24.6 Å². The molecule has 0 saturated heterocycles. The number of para-hydroxylation sites is 1. The molecule has 0 bridgehead atoms. The Morgan fingerprint density at radius 2 is 2.17 bits per heavy atom. The fraction of sp³-hybridized carbons (Fsp3) is 0.308. The third-order valence-electron chi connectivity index (χ3n) is 2.64. The lowest BCUT2D eigenvalue weighted by Crippen LogP contribution is -2.25. The number of ether oxygens (including phenoxy) is 1. The number of Topliss-reactive ketones (excluding diaryl/α,β-unsaturated/α-hetero) is 1. The molecule has 94 valence electrons. The lowest BCUT2D eigenvalue weighted by atomic mass is 10.2. The second-order valence-corrected chi connectivity index (χ2v) is 3.94. The number of carbonyl (C=O) groups is 2. The average Bonchev–Trinajstić information content (AvgIpc) is 2.72. The van der Waals surface area contributed by atoms with Crippen molar-refractivity contribution in [3.8, 4) is 0 Å². The number of benzene rings is 1. The summed E-state index contributed by atoms with van der Waals surface area (Å²) in [7, 11) is 0. The third-order valence-corrected chi connectivity index (χ3v) is 2.64. The Hall–Kier alpha value is -2.17. The molecule has 0 saturated carbocycles. The van der Waals surface area contributed by atoms with E-state index >= 15 is 0 Å². The summed E-state index contributed by atoms with van der Waals surface area (Å²) >= 11 is 0. The van der Waals surface area contributed by atoms with Gasteiger partial charge in [-0.15, -0.1) is 0 Å². The van der Waals surface area contributed by atoms with Crippen LogP contribution < -0.4 is 5.01 Å². The molecule has 0 unspecified atom stereocenters. The lowest BCUT2D eigenvalue weighted by molar-refractivity contribution is -0.135. The van der Waals surface area contributed by atoms with Crippen molar-refractivity contribution < 1.29 is 14.3 Å². The molecule has 0 spiro atoms. The minimum Gasteiger partial charge on any atom is -0.461 e. The Kier molecular flexibility index (Phi) is 3.41. The zero-order chi connectivity index (χ0) is 13.1. The first-order chi connectivity index (χ1) is 8.63. The number of hydrogen-bond acceptors (Lipinski definition) is 5. The van der Waals surface area contributed by atoms with Crippen molar-refractivity contribution in [2.45, 2.75) is 13.8 Å². The number of ketones is 1. The number of nitrogens with zero attached hydrogens (tertiary/aromatic N) is 2. The lowest BCUT2D eigenvalue weighted by Gasteiger charge is -2.14. The van der Waals surface area contributed by atoms with Crippen molar-refractivity contribution in [3.05, 3.63) is 29.8 Å². The molecule has 5 heteroatoms. The highest BCUT2D eigenvalue weighted by molar-refractivity contribution is 6.66. The number of rotatable bonds is 3. The maximum Gasteiger partial charge on any atom is 0.362 e. The maximum absolute atomic E-state index is 11.7. The fourth-order valence-electron chi connectivity index (χ4n) is 1.77. The molecule has 1 aromatic carbocycles. The fourth-order valence-corrected chi connectivity index (χ4v) is 1.77. The van der Waals surface area contributed by atoms with Crippen LogP contribution in [0, 0.1) is 6.92 Å². The van der Waals surface area contributed by atoms with Crippen LogP contribution in [-0.2, 0) is 14.3 Å². The number of aryl methyl sites for hydroxylation is 1. The molecule has 18 heavy (non-hydrogen) atoms. The van der Waals surface area contributed by atoms with E-state index < -0.39 is 5.97 Å². The van der Waals surface area contributed by atoms with Gasteiger partial charge in [0.1, 0.15) is 6.54 Å². The van der Waals surface area contributed by atoms with Crippen molar-refractivity contribution in [2.24, 2.45) is 5.10 Å². The van der Waals surface area contributed by atoms with Crippen LogP contribution in [0.15, 0.2) is 29.4 Å². The van der Waals surface area contributed by atoms with E-state index in [0.717, 1.165) is 11.3 Å². The van der Waals surface area contributed by atoms with E-state index in [1.807, 2.05) is 31.2 Å². The van der Waals surface area contributed by atoms with Gasteiger partial charge in [0.05, 0.1) is 12.3 Å². The van der Waals surface area contributed by atoms with Crippen LogP contribution in [0.5, 0.6) is 0 Å². The Bertz CT molecular complexity index is 523. The predicted molar refractivity (Wildman–Crippen MR) is 67.6 cm³/mol. The Balaban J connectivity index is 2.26. The highest BCUT2D eigenvalue weighted by Gasteiger charge is 2.31. The standard InChI is InChI=1S/C13H14N2O3/c1-3-18-13(17)12-11(16)8-15(14-12)10-7-5-4-6-9(10)2/h4-7H,3,8H2,1-2H3. The van der Waals surface area contributed by atoms with E-state index in [2.05, 4.69) is 5.10 Å². The van der Waals surface area contributed by atoms with Crippen molar-refractivity contribution in [2.75, 3.05) is 18.2 Å². The Labute approximate surface area is 105 Å². The minimum absolute atomic E-state index is 0.0823. The van der Waals surface area contributed by atoms with Gasteiger partial charge in [0.2, 0.25) is 11.5 Å². The minimum atomic E-state index is -0.654. The van der Waals surface area contributed by atoms with Crippen molar-refractivity contribution in [1.82, 2.24) is 0 Å². The van der Waals surface area contributed by atoms with Crippen LogP contribution in [0.25, 0.3) is 0 Å². The molecule has 1 heterocycles. The quantitative estimate of drug-likeness (QED) is 0.754. The normalized spacial score (nSPS) is 14.7. The van der Waals surface area contributed by atoms with Crippen LogP contribution in [0.1, 0.15) is 12.5 Å². The molecule has 0 fully saturated rings. The molecular weight excluding hydrogens is 232 g/mol. The Morgan fingerprint density at radius 1 is 1.44 bits per heavy atom. The van der Waals surface area contributed by atoms with Crippen molar-refractivity contribution in [1.29, 1.82) is 0 Å². The monoisotopic (exact) mass is 246 g/mol. The smallest absolute Gasteiger partial charge is 0.362 e. The van der Waals surface area contributed by atoms with Gasteiger partial charge >= 0.3 is 5.97 Å². The predicted octanol–water partition coefficient (Wildman–Crippen LogP) is 1.30. The number of carbonyl (C=O) groups excluding carboxylic acids is 2. The van der Waals surface area contributed by atoms with Gasteiger partial charge in [-0.25, -0.2) is 4.79 Å². The summed E-state index contributed by atoms with van der Waals surface area (Å²) in [4.78, 5) is 23.2. The van der Waals surface area contributed by atoms with E-state index in [1.54, 1.807) is 6.92 Å². The van der Waals surface area contributed by atoms with Crippen LogP contribution in [-0.4, -0.2) is 30.6 Å². The van der Waals surface area contributed by atoms with Crippen LogP contribution in [0.3, 0.4) is 0 Å². The van der Waals surface area contributed by atoms with Crippen LogP contribution in [0.2, 0.25) is 0 Å². The average molecular weight is 246 g/mol. The first-order valence-electron chi connectivity index (χ1n) is 5.75. The highest BCUT2D eigenvalue weighted by Crippen LogP contribution is 2.22. The summed E-state index contributed by atoms with van der Waals surface area (Å²) in [5, 5.41) is 5.58. The zero-order valence-corrected chi connectivity index (χ0v) is 10.3. The van der Waals surface area contributed by atoms with Gasteiger partial charge in [0, 0.05) is 0 Å². The maximum atomic E-state index is 11.7. The molecule has 0 radical (unpaired) electrons. The number of hydrazone groups is 1. The number of esters is 1. The van der Waals surface area contributed by atoms with Gasteiger partial charge < -0.3 is 4.74 Å². The molecule has 1 aliphatic heterocycles. The van der Waals surface area contributed by atoms with Crippen molar-refractivity contribution >= 4 is 23.2 Å². The molecule has 0 atom stereocenters. The Morgan fingerprint density at radius 3 is 2.83 bits per heavy atom. The summed E-state index contributed by atoms with van der Waals surface area (Å²) in [6.45, 7) is 3.93. The van der Waals surface area contributed by atoms with E-state index in [1.165, 1.54) is 5.01 Å². The molecule has 2 rings (SSSR count). The molecule has 0 amide bonds. The van der Waals surface area contributed by atoms with E-state index in [4.69, 9.17) is 4.74 Å². The molecule has 5 nitrogen and oxygen atoms in total. The summed E-state index contributed by atoms with van der Waals surface area (Å²) in [5.74, 6) is -0.963. The molecule has 0 aromatic heterocycles. The van der Waals surface area contributed by atoms with Gasteiger partial charge in [-0.3, -0.25) is 9.80 Å². The number of hydrogen-bond donors (Lipinski definition) is 0. The summed E-state index contributed by atoms with van der Waals surface area (Å²) < 4.78 is 4.79. The molecule has 0 N–H and O–H groups in total. The first-order valence-corrected chi connectivity index (χ1v) is 5.75. The first kappa shape index (κ1) is 12.3. The largest absolute Gasteiger partial charge is 0.461 e. The van der Waals surface area contributed by atoms with Gasteiger partial charge in [-0.05, 0) is 25.5 Å². The van der Waals surface area contributed by atoms with E-state index in [9.17, 15) is 9.59 Å². The third kappa shape index (κ3) is 2.25. The zero-order valence-electron chi connectivity index (χ0n) is 10.3. The number of anilines is 1. The SMILES string of the molecule is CCOC(=O)C1=NN(c2ccccc2C)CC1=O. The summed E-state index contributed by atoms with van der Waals surface area (Å²) in [5.41, 5.74) is 1.70. The van der Waals surface area contributed by atoms with Crippen LogP contribution in [0.4, 0.5) is 5.69 Å². The molecular formula is C13H14N2O3.